The molecule has 14 heavy (non-hydrogen) atoms. The minimum absolute atomic E-state index is 0.0750. The van der Waals surface area contributed by atoms with E-state index in [1.54, 1.807) is 0 Å². The number of ether oxygens (including phenoxy) is 1. The number of hydrogen-bond acceptors (Lipinski definition) is 2. The highest BCUT2D eigenvalue weighted by Gasteiger charge is 2.19. The first-order chi connectivity index (χ1) is 6.47. The van der Waals surface area contributed by atoms with Crippen LogP contribution in [0.5, 0.6) is 0 Å². The summed E-state index contributed by atoms with van der Waals surface area (Å²) in [5, 5.41) is 0. The number of allylic oxidation sites excluding steroid dienone is 2. The van der Waals surface area contributed by atoms with Gasteiger partial charge in [-0.3, -0.25) is 4.79 Å². The van der Waals surface area contributed by atoms with Crippen LogP contribution in [0.3, 0.4) is 0 Å². The van der Waals surface area contributed by atoms with Gasteiger partial charge < -0.3 is 4.74 Å². The summed E-state index contributed by atoms with van der Waals surface area (Å²) in [6, 6.07) is 0. The normalized spacial score (nSPS) is 22.1. The molecule has 1 rings (SSSR count). The number of hydrogen-bond donors (Lipinski definition) is 0. The fraction of sp³-hybridized carbons (Fsp3) is 0.750. The molecule has 2 nitrogen and oxygen atoms in total. The first-order valence-corrected chi connectivity index (χ1v) is 5.36. The summed E-state index contributed by atoms with van der Waals surface area (Å²) in [5.41, 5.74) is -0.352. The van der Waals surface area contributed by atoms with E-state index in [9.17, 15) is 4.79 Å². The van der Waals surface area contributed by atoms with Crippen molar-refractivity contribution in [3.63, 3.8) is 0 Å². The molecule has 0 N–H and O–H groups in total. The van der Waals surface area contributed by atoms with E-state index < -0.39 is 0 Å². The highest BCUT2D eigenvalue weighted by Crippen LogP contribution is 2.21. The molecule has 0 aromatic carbocycles. The Kier molecular flexibility index (Phi) is 3.73. The molecule has 0 amide bonds. The van der Waals surface area contributed by atoms with E-state index in [0.717, 1.165) is 12.8 Å². The van der Waals surface area contributed by atoms with E-state index in [-0.39, 0.29) is 11.6 Å². The summed E-state index contributed by atoms with van der Waals surface area (Å²) in [6.07, 6.45) is 8.32. The molecule has 1 unspecified atom stereocenters. The van der Waals surface area contributed by atoms with Crippen LogP contribution in [0.1, 0.15) is 46.5 Å². The lowest BCUT2D eigenvalue weighted by atomic mass is 9.93. The molecule has 1 aliphatic rings. The molecule has 2 heteroatoms. The predicted octanol–water partition coefficient (Wildman–Crippen LogP) is 3.07. The highest BCUT2D eigenvalue weighted by atomic mass is 16.6. The predicted molar refractivity (Wildman–Crippen MR) is 56.9 cm³/mol. The van der Waals surface area contributed by atoms with E-state index in [1.165, 1.54) is 6.42 Å². The lowest BCUT2D eigenvalue weighted by Gasteiger charge is -2.22. The lowest BCUT2D eigenvalue weighted by Crippen LogP contribution is -2.25. The van der Waals surface area contributed by atoms with Crippen LogP contribution in [0.2, 0.25) is 0 Å². The number of carbonyl (C=O) groups is 1. The average Bonchev–Trinajstić information content (AvgIpc) is 2.02. The summed E-state index contributed by atoms with van der Waals surface area (Å²) in [7, 11) is 0. The van der Waals surface area contributed by atoms with Crippen molar-refractivity contribution in [2.45, 2.75) is 52.1 Å². The molecule has 1 aliphatic carbocycles. The number of carbonyl (C=O) groups excluding carboxylic acids is 1. The molecule has 0 spiro atoms. The van der Waals surface area contributed by atoms with Crippen LogP contribution in [0.4, 0.5) is 0 Å². The molecule has 0 saturated carbocycles. The molecule has 0 bridgehead atoms. The third kappa shape index (κ3) is 4.45. The fourth-order valence-corrected chi connectivity index (χ4v) is 1.65. The number of rotatable bonds is 2. The smallest absolute Gasteiger partial charge is 0.306 e. The monoisotopic (exact) mass is 196 g/mol. The molecular weight excluding hydrogens is 176 g/mol. The Morgan fingerprint density at radius 2 is 2.21 bits per heavy atom. The Labute approximate surface area is 86.3 Å². The van der Waals surface area contributed by atoms with Crippen LogP contribution in [-0.2, 0) is 9.53 Å². The van der Waals surface area contributed by atoms with Gasteiger partial charge in [-0.1, -0.05) is 12.2 Å². The van der Waals surface area contributed by atoms with Gasteiger partial charge in [0.15, 0.2) is 0 Å². The second kappa shape index (κ2) is 4.63. The summed E-state index contributed by atoms with van der Waals surface area (Å²) >= 11 is 0. The van der Waals surface area contributed by atoms with Crippen LogP contribution in [-0.4, -0.2) is 11.6 Å². The second-order valence-corrected chi connectivity index (χ2v) is 4.91. The maximum atomic E-state index is 11.5. The van der Waals surface area contributed by atoms with Crippen LogP contribution < -0.4 is 0 Å². The maximum absolute atomic E-state index is 11.5. The Morgan fingerprint density at radius 1 is 1.50 bits per heavy atom. The molecule has 0 aliphatic heterocycles. The Bertz CT molecular complexity index is 223. The molecule has 0 aromatic rings. The second-order valence-electron chi connectivity index (χ2n) is 4.91. The van der Waals surface area contributed by atoms with Gasteiger partial charge in [-0.05, 0) is 46.0 Å². The summed E-state index contributed by atoms with van der Waals surface area (Å²) in [6.45, 7) is 5.71. The van der Waals surface area contributed by atoms with Crippen molar-refractivity contribution in [3.8, 4) is 0 Å². The van der Waals surface area contributed by atoms with Crippen LogP contribution >= 0.6 is 0 Å². The molecular formula is C12H20O2. The molecule has 0 saturated heterocycles. The minimum atomic E-state index is -0.352. The van der Waals surface area contributed by atoms with Crippen molar-refractivity contribution in [2.75, 3.05) is 0 Å². The largest absolute Gasteiger partial charge is 0.460 e. The molecule has 0 fully saturated rings. The van der Waals surface area contributed by atoms with Crippen molar-refractivity contribution in [1.82, 2.24) is 0 Å². The Morgan fingerprint density at radius 3 is 2.71 bits per heavy atom. The first-order valence-electron chi connectivity index (χ1n) is 5.36. The van der Waals surface area contributed by atoms with E-state index in [4.69, 9.17) is 4.74 Å². The summed E-state index contributed by atoms with van der Waals surface area (Å²) in [4.78, 5) is 11.5. The van der Waals surface area contributed by atoms with Crippen LogP contribution in [0.25, 0.3) is 0 Å². The maximum Gasteiger partial charge on any atom is 0.306 e. The highest BCUT2D eigenvalue weighted by molar-refractivity contribution is 5.70. The van der Waals surface area contributed by atoms with E-state index >= 15 is 0 Å². The van der Waals surface area contributed by atoms with Gasteiger partial charge in [0.25, 0.3) is 0 Å². The zero-order chi connectivity index (χ0) is 10.6. The van der Waals surface area contributed by atoms with Gasteiger partial charge in [0.2, 0.25) is 0 Å². The SMILES string of the molecule is CC(C)(C)OC(=O)CC1C=CCCC1. The molecule has 0 radical (unpaired) electrons. The molecule has 0 heterocycles. The van der Waals surface area contributed by atoms with Gasteiger partial charge in [-0.2, -0.15) is 0 Å². The lowest BCUT2D eigenvalue weighted by molar-refractivity contribution is -0.155. The van der Waals surface area contributed by atoms with Crippen molar-refractivity contribution in [1.29, 1.82) is 0 Å². The van der Waals surface area contributed by atoms with Gasteiger partial charge in [0.1, 0.15) is 5.60 Å². The number of esters is 1. The quantitative estimate of drug-likeness (QED) is 0.501. The topological polar surface area (TPSA) is 26.3 Å². The van der Waals surface area contributed by atoms with E-state index in [0.29, 0.717) is 12.3 Å². The van der Waals surface area contributed by atoms with Gasteiger partial charge in [0, 0.05) is 0 Å². The van der Waals surface area contributed by atoms with Gasteiger partial charge >= 0.3 is 5.97 Å². The zero-order valence-corrected chi connectivity index (χ0v) is 9.38. The van der Waals surface area contributed by atoms with Crippen molar-refractivity contribution >= 4 is 5.97 Å². The summed E-state index contributed by atoms with van der Waals surface area (Å²) < 4.78 is 5.27. The molecule has 1 atom stereocenters. The first kappa shape index (κ1) is 11.3. The third-order valence-electron chi connectivity index (χ3n) is 2.20. The Balaban J connectivity index is 2.33. The van der Waals surface area contributed by atoms with E-state index in [2.05, 4.69) is 12.2 Å². The van der Waals surface area contributed by atoms with Crippen molar-refractivity contribution in [3.05, 3.63) is 12.2 Å². The van der Waals surface area contributed by atoms with Crippen LogP contribution in [0, 0.1) is 5.92 Å². The summed E-state index contributed by atoms with van der Waals surface area (Å²) in [5.74, 6) is 0.327. The van der Waals surface area contributed by atoms with Gasteiger partial charge in [-0.15, -0.1) is 0 Å². The van der Waals surface area contributed by atoms with Crippen molar-refractivity contribution < 1.29 is 9.53 Å². The van der Waals surface area contributed by atoms with Crippen molar-refractivity contribution in [2.24, 2.45) is 5.92 Å². The zero-order valence-electron chi connectivity index (χ0n) is 9.38. The molecule has 0 aromatic heterocycles. The van der Waals surface area contributed by atoms with Crippen LogP contribution in [0.15, 0.2) is 12.2 Å². The standard InChI is InChI=1S/C12H20O2/c1-12(2,3)14-11(13)9-10-7-5-4-6-8-10/h5,7,10H,4,6,8-9H2,1-3H3. The fourth-order valence-electron chi connectivity index (χ4n) is 1.65. The van der Waals surface area contributed by atoms with E-state index in [1.807, 2.05) is 20.8 Å². The molecule has 80 valence electrons. The third-order valence-corrected chi connectivity index (χ3v) is 2.20. The average molecular weight is 196 g/mol. The minimum Gasteiger partial charge on any atom is -0.460 e. The van der Waals surface area contributed by atoms with Gasteiger partial charge in [-0.25, -0.2) is 0 Å². The van der Waals surface area contributed by atoms with Gasteiger partial charge in [0.05, 0.1) is 6.42 Å². The Hall–Kier alpha value is -0.790.